The molecule has 2 aliphatic heterocycles. The molecule has 0 radical (unpaired) electrons. The largest absolute Gasteiger partial charge is 0.417 e. The second kappa shape index (κ2) is 10.5. The maximum atomic E-state index is 13.3. The molecule has 2 fully saturated rings. The predicted octanol–water partition coefficient (Wildman–Crippen LogP) is 4.09. The molecule has 1 N–H and O–H groups in total. The highest BCUT2D eigenvalue weighted by molar-refractivity contribution is 5.96. The number of rotatable bonds is 5. The van der Waals surface area contributed by atoms with E-state index in [1.54, 1.807) is 0 Å². The van der Waals surface area contributed by atoms with Crippen molar-refractivity contribution >= 4 is 23.2 Å². The van der Waals surface area contributed by atoms with Crippen LogP contribution in [0.15, 0.2) is 48.5 Å². The van der Waals surface area contributed by atoms with Crippen LogP contribution in [0.5, 0.6) is 0 Å². The molecule has 0 atom stereocenters. The van der Waals surface area contributed by atoms with Gasteiger partial charge in [0.1, 0.15) is 0 Å². The number of nitrogens with zero attached hydrogens (tertiary/aromatic N) is 3. The standard InChI is InChI=1S/C25H29F3N4O2/c26-25(27,28)22-7-3-2-6-21(22)24(34)32-16-14-30(15-17-32)18-23(33)29-19-8-10-20(11-9-19)31-12-4-1-5-13-31/h2-3,6-11H,1,4-5,12-18H2,(H,29,33). The number of hydrogen-bond donors (Lipinski definition) is 1. The molecule has 2 aromatic rings. The zero-order chi connectivity index (χ0) is 24.1. The molecule has 6 nitrogen and oxygen atoms in total. The molecular weight excluding hydrogens is 445 g/mol. The minimum Gasteiger partial charge on any atom is -0.372 e. The maximum absolute atomic E-state index is 13.3. The highest BCUT2D eigenvalue weighted by atomic mass is 19.4. The number of carbonyl (C=O) groups excluding carboxylic acids is 2. The molecule has 0 saturated carbocycles. The summed E-state index contributed by atoms with van der Waals surface area (Å²) in [7, 11) is 0. The summed E-state index contributed by atoms with van der Waals surface area (Å²) >= 11 is 0. The van der Waals surface area contributed by atoms with Gasteiger partial charge in [-0.15, -0.1) is 0 Å². The molecule has 34 heavy (non-hydrogen) atoms. The van der Waals surface area contributed by atoms with Gasteiger partial charge in [-0.2, -0.15) is 13.2 Å². The number of amides is 2. The Hall–Kier alpha value is -3.07. The fourth-order valence-electron chi connectivity index (χ4n) is 4.51. The molecule has 4 rings (SSSR count). The topological polar surface area (TPSA) is 55.9 Å². The van der Waals surface area contributed by atoms with Gasteiger partial charge in [-0.25, -0.2) is 0 Å². The van der Waals surface area contributed by atoms with E-state index in [2.05, 4.69) is 10.2 Å². The number of anilines is 2. The van der Waals surface area contributed by atoms with Gasteiger partial charge in [0.25, 0.3) is 5.91 Å². The SMILES string of the molecule is O=C(CN1CCN(C(=O)c2ccccc2C(F)(F)F)CC1)Nc1ccc(N2CCCCC2)cc1. The van der Waals surface area contributed by atoms with Crippen LogP contribution in [0.2, 0.25) is 0 Å². The van der Waals surface area contributed by atoms with E-state index in [9.17, 15) is 22.8 Å². The van der Waals surface area contributed by atoms with Crippen LogP contribution in [-0.4, -0.2) is 67.4 Å². The lowest BCUT2D eigenvalue weighted by molar-refractivity contribution is -0.138. The normalized spacial score (nSPS) is 17.5. The number of hydrogen-bond acceptors (Lipinski definition) is 4. The second-order valence-corrected chi connectivity index (χ2v) is 8.75. The van der Waals surface area contributed by atoms with Gasteiger partial charge in [-0.1, -0.05) is 12.1 Å². The average molecular weight is 475 g/mol. The van der Waals surface area contributed by atoms with E-state index in [1.165, 1.54) is 42.4 Å². The Kier molecular flexibility index (Phi) is 7.41. The fourth-order valence-corrected chi connectivity index (χ4v) is 4.51. The van der Waals surface area contributed by atoms with Gasteiger partial charge < -0.3 is 15.1 Å². The van der Waals surface area contributed by atoms with Crippen LogP contribution in [0.3, 0.4) is 0 Å². The Balaban J connectivity index is 1.26. The number of alkyl halides is 3. The number of halogens is 3. The summed E-state index contributed by atoms with van der Waals surface area (Å²) in [5.74, 6) is -0.793. The molecule has 2 aliphatic rings. The van der Waals surface area contributed by atoms with E-state index in [0.717, 1.165) is 30.5 Å². The summed E-state index contributed by atoms with van der Waals surface area (Å²) < 4.78 is 39.8. The minimum absolute atomic E-state index is 0.159. The fraction of sp³-hybridized carbons (Fsp3) is 0.440. The van der Waals surface area contributed by atoms with Crippen molar-refractivity contribution in [1.82, 2.24) is 9.80 Å². The van der Waals surface area contributed by atoms with Gasteiger partial charge >= 0.3 is 6.18 Å². The van der Waals surface area contributed by atoms with Crippen molar-refractivity contribution in [3.63, 3.8) is 0 Å². The first-order valence-electron chi connectivity index (χ1n) is 11.6. The van der Waals surface area contributed by atoms with E-state index in [1.807, 2.05) is 29.2 Å². The van der Waals surface area contributed by atoms with Gasteiger partial charge in [0.2, 0.25) is 5.91 Å². The molecule has 9 heteroatoms. The van der Waals surface area contributed by atoms with E-state index in [-0.39, 0.29) is 31.1 Å². The highest BCUT2D eigenvalue weighted by Crippen LogP contribution is 2.32. The predicted molar refractivity (Wildman–Crippen MR) is 125 cm³/mol. The third kappa shape index (κ3) is 5.88. The number of nitrogens with one attached hydrogen (secondary N) is 1. The van der Waals surface area contributed by atoms with Crippen molar-refractivity contribution in [2.75, 3.05) is 56.0 Å². The molecule has 0 aliphatic carbocycles. The third-order valence-corrected chi connectivity index (χ3v) is 6.36. The van der Waals surface area contributed by atoms with Crippen LogP contribution in [0, 0.1) is 0 Å². The van der Waals surface area contributed by atoms with Crippen molar-refractivity contribution in [1.29, 1.82) is 0 Å². The molecule has 2 heterocycles. The molecule has 2 saturated heterocycles. The van der Waals surface area contributed by atoms with Crippen LogP contribution >= 0.6 is 0 Å². The number of piperidine rings is 1. The van der Waals surface area contributed by atoms with Crippen LogP contribution < -0.4 is 10.2 Å². The van der Waals surface area contributed by atoms with Gasteiger partial charge in [-0.3, -0.25) is 14.5 Å². The molecule has 0 unspecified atom stereocenters. The van der Waals surface area contributed by atoms with Crippen molar-refractivity contribution in [3.05, 3.63) is 59.7 Å². The third-order valence-electron chi connectivity index (χ3n) is 6.36. The van der Waals surface area contributed by atoms with Gasteiger partial charge in [-0.05, 0) is 55.7 Å². The molecule has 2 aromatic carbocycles. The monoisotopic (exact) mass is 474 g/mol. The highest BCUT2D eigenvalue weighted by Gasteiger charge is 2.36. The second-order valence-electron chi connectivity index (χ2n) is 8.75. The Bertz CT molecular complexity index is 996. The summed E-state index contributed by atoms with van der Waals surface area (Å²) in [6, 6.07) is 12.7. The summed E-state index contributed by atoms with van der Waals surface area (Å²) in [6.07, 6.45) is -0.912. The van der Waals surface area contributed by atoms with Crippen molar-refractivity contribution in [3.8, 4) is 0 Å². The quantitative estimate of drug-likeness (QED) is 0.709. The molecular formula is C25H29F3N4O2. The van der Waals surface area contributed by atoms with Crippen LogP contribution in [0.4, 0.5) is 24.5 Å². The van der Waals surface area contributed by atoms with Crippen molar-refractivity contribution in [2.24, 2.45) is 0 Å². The van der Waals surface area contributed by atoms with Crippen LogP contribution in [-0.2, 0) is 11.0 Å². The molecule has 0 aromatic heterocycles. The van der Waals surface area contributed by atoms with Gasteiger partial charge in [0, 0.05) is 50.6 Å². The van der Waals surface area contributed by atoms with Crippen molar-refractivity contribution < 1.29 is 22.8 Å². The lowest BCUT2D eigenvalue weighted by Gasteiger charge is -2.34. The number of piperazine rings is 1. The zero-order valence-corrected chi connectivity index (χ0v) is 19.0. The molecule has 0 spiro atoms. The first kappa shape index (κ1) is 24.1. The van der Waals surface area contributed by atoms with E-state index < -0.39 is 17.6 Å². The smallest absolute Gasteiger partial charge is 0.372 e. The van der Waals surface area contributed by atoms with Crippen LogP contribution in [0.1, 0.15) is 35.2 Å². The zero-order valence-electron chi connectivity index (χ0n) is 19.0. The Labute approximate surface area is 197 Å². The first-order chi connectivity index (χ1) is 16.3. The Morgan fingerprint density at radius 2 is 1.47 bits per heavy atom. The Morgan fingerprint density at radius 1 is 0.824 bits per heavy atom. The maximum Gasteiger partial charge on any atom is 0.417 e. The van der Waals surface area contributed by atoms with Crippen molar-refractivity contribution in [2.45, 2.75) is 25.4 Å². The first-order valence-corrected chi connectivity index (χ1v) is 11.6. The molecule has 0 bridgehead atoms. The number of benzene rings is 2. The minimum atomic E-state index is -4.59. The van der Waals surface area contributed by atoms with E-state index in [0.29, 0.717) is 13.1 Å². The van der Waals surface area contributed by atoms with E-state index >= 15 is 0 Å². The van der Waals surface area contributed by atoms with Gasteiger partial charge in [0.15, 0.2) is 0 Å². The lowest BCUT2D eigenvalue weighted by atomic mass is 10.1. The van der Waals surface area contributed by atoms with Gasteiger partial charge in [0.05, 0.1) is 17.7 Å². The van der Waals surface area contributed by atoms with Crippen LogP contribution in [0.25, 0.3) is 0 Å². The average Bonchev–Trinajstić information content (AvgIpc) is 2.84. The summed E-state index contributed by atoms with van der Waals surface area (Å²) in [4.78, 5) is 30.9. The number of carbonyl (C=O) groups is 2. The lowest BCUT2D eigenvalue weighted by Crippen LogP contribution is -2.50. The molecule has 2 amide bonds. The summed E-state index contributed by atoms with van der Waals surface area (Å²) in [6.45, 7) is 3.65. The summed E-state index contributed by atoms with van der Waals surface area (Å²) in [5.41, 5.74) is 0.622. The summed E-state index contributed by atoms with van der Waals surface area (Å²) in [5, 5.41) is 2.90. The van der Waals surface area contributed by atoms with E-state index in [4.69, 9.17) is 0 Å². The molecule has 182 valence electrons. The Morgan fingerprint density at radius 3 is 2.12 bits per heavy atom.